The van der Waals surface area contributed by atoms with Crippen molar-refractivity contribution in [3.05, 3.63) is 29.6 Å². The Kier molecular flexibility index (Phi) is 4.56. The highest BCUT2D eigenvalue weighted by atomic mass is 15.2. The van der Waals surface area contributed by atoms with Gasteiger partial charge in [0.15, 0.2) is 0 Å². The van der Waals surface area contributed by atoms with Gasteiger partial charge >= 0.3 is 0 Å². The van der Waals surface area contributed by atoms with Gasteiger partial charge in [0, 0.05) is 13.1 Å². The zero-order chi connectivity index (χ0) is 14.7. The maximum absolute atomic E-state index is 5.90. The summed E-state index contributed by atoms with van der Waals surface area (Å²) in [5, 5.41) is 0. The number of hydrogen-bond donors (Lipinski definition) is 1. The Morgan fingerprint density at radius 3 is 2.67 bits per heavy atom. The average molecular weight is 286 g/mol. The van der Waals surface area contributed by atoms with Gasteiger partial charge in [0.25, 0.3) is 0 Å². The number of fused-ring (bicyclic) bond motifs is 1. The number of imidazole rings is 1. The minimum atomic E-state index is 0.510. The van der Waals surface area contributed by atoms with E-state index < -0.39 is 0 Å². The van der Waals surface area contributed by atoms with Crippen LogP contribution in [0.3, 0.4) is 0 Å². The van der Waals surface area contributed by atoms with Crippen molar-refractivity contribution in [2.45, 2.75) is 45.7 Å². The molecule has 1 fully saturated rings. The maximum Gasteiger partial charge on any atom is 0.123 e. The summed E-state index contributed by atoms with van der Waals surface area (Å²) in [6.45, 7) is 7.27. The third-order valence-corrected chi connectivity index (χ3v) is 4.57. The molecule has 1 aromatic carbocycles. The number of hydrogen-bond acceptors (Lipinski definition) is 3. The normalized spacial score (nSPS) is 16.7. The molecule has 4 heteroatoms. The second kappa shape index (κ2) is 6.58. The van der Waals surface area contributed by atoms with Gasteiger partial charge in [-0.3, -0.25) is 0 Å². The van der Waals surface area contributed by atoms with E-state index in [1.54, 1.807) is 0 Å². The molecule has 1 saturated heterocycles. The molecule has 1 aliphatic rings. The van der Waals surface area contributed by atoms with E-state index in [0.717, 1.165) is 30.9 Å². The van der Waals surface area contributed by atoms with Gasteiger partial charge < -0.3 is 15.2 Å². The van der Waals surface area contributed by atoms with Gasteiger partial charge in [-0.2, -0.15) is 0 Å². The Morgan fingerprint density at radius 2 is 1.95 bits per heavy atom. The Labute approximate surface area is 126 Å². The molecule has 2 heterocycles. The van der Waals surface area contributed by atoms with Gasteiger partial charge in [0.1, 0.15) is 5.82 Å². The largest absolute Gasteiger partial charge is 0.326 e. The Bertz CT molecular complexity index is 596. The second-order valence-electron chi connectivity index (χ2n) is 5.96. The molecule has 1 aromatic heterocycles. The summed E-state index contributed by atoms with van der Waals surface area (Å²) < 4.78 is 2.31. The van der Waals surface area contributed by atoms with Crippen molar-refractivity contribution in [2.75, 3.05) is 19.6 Å². The van der Waals surface area contributed by atoms with E-state index in [-0.39, 0.29) is 0 Å². The standard InChI is InChI=1S/C17H26N4/c1-2-14-6-7-16-15(12-14)19-17(13-18)21(16)11-10-20-8-4-3-5-9-20/h6-7,12H,2-5,8-11,13,18H2,1H3. The van der Waals surface area contributed by atoms with Crippen LogP contribution in [0.2, 0.25) is 0 Å². The van der Waals surface area contributed by atoms with Crippen LogP contribution in [0.25, 0.3) is 11.0 Å². The van der Waals surface area contributed by atoms with Gasteiger partial charge in [-0.1, -0.05) is 19.4 Å². The van der Waals surface area contributed by atoms with E-state index in [0.29, 0.717) is 6.54 Å². The van der Waals surface area contributed by atoms with E-state index in [4.69, 9.17) is 10.7 Å². The van der Waals surface area contributed by atoms with Crippen LogP contribution in [0.1, 0.15) is 37.6 Å². The van der Waals surface area contributed by atoms with Gasteiger partial charge in [-0.05, 0) is 50.0 Å². The van der Waals surface area contributed by atoms with Crippen LogP contribution in [-0.2, 0) is 19.5 Å². The smallest absolute Gasteiger partial charge is 0.123 e. The number of likely N-dealkylation sites (tertiary alicyclic amines) is 1. The summed E-state index contributed by atoms with van der Waals surface area (Å²) in [6.07, 6.45) is 5.12. The number of aromatic nitrogens is 2. The topological polar surface area (TPSA) is 47.1 Å². The van der Waals surface area contributed by atoms with Gasteiger partial charge in [0.2, 0.25) is 0 Å². The van der Waals surface area contributed by atoms with E-state index >= 15 is 0 Å². The highest BCUT2D eigenvalue weighted by molar-refractivity contribution is 5.77. The number of benzene rings is 1. The molecule has 0 spiro atoms. The van der Waals surface area contributed by atoms with Crippen molar-refractivity contribution in [3.8, 4) is 0 Å². The molecule has 2 N–H and O–H groups in total. The number of rotatable bonds is 5. The third-order valence-electron chi connectivity index (χ3n) is 4.57. The van der Waals surface area contributed by atoms with Crippen LogP contribution in [-0.4, -0.2) is 34.1 Å². The predicted molar refractivity (Wildman–Crippen MR) is 87.3 cm³/mol. The molecular weight excluding hydrogens is 260 g/mol. The minimum absolute atomic E-state index is 0.510. The molecule has 3 rings (SSSR count). The van der Waals surface area contributed by atoms with E-state index in [9.17, 15) is 0 Å². The lowest BCUT2D eigenvalue weighted by Gasteiger charge is -2.26. The molecule has 0 bridgehead atoms. The molecule has 0 unspecified atom stereocenters. The van der Waals surface area contributed by atoms with E-state index in [1.807, 2.05) is 0 Å². The molecule has 2 aromatic rings. The highest BCUT2D eigenvalue weighted by Crippen LogP contribution is 2.19. The molecule has 4 nitrogen and oxygen atoms in total. The number of nitrogens with two attached hydrogens (primary N) is 1. The Morgan fingerprint density at radius 1 is 1.14 bits per heavy atom. The van der Waals surface area contributed by atoms with E-state index in [1.165, 1.54) is 43.4 Å². The first-order chi connectivity index (χ1) is 10.3. The number of aryl methyl sites for hydroxylation is 1. The maximum atomic E-state index is 5.90. The predicted octanol–water partition coefficient (Wildman–Crippen LogP) is 2.54. The molecular formula is C17H26N4. The van der Waals surface area contributed by atoms with Crippen LogP contribution in [0.15, 0.2) is 18.2 Å². The van der Waals surface area contributed by atoms with Crippen molar-refractivity contribution in [1.82, 2.24) is 14.5 Å². The molecule has 0 amide bonds. The van der Waals surface area contributed by atoms with Crippen molar-refractivity contribution in [1.29, 1.82) is 0 Å². The summed E-state index contributed by atoms with van der Waals surface area (Å²) in [7, 11) is 0. The lowest BCUT2D eigenvalue weighted by molar-refractivity contribution is 0.221. The summed E-state index contributed by atoms with van der Waals surface area (Å²) >= 11 is 0. The van der Waals surface area contributed by atoms with Gasteiger partial charge in [0.05, 0.1) is 17.6 Å². The molecule has 1 aliphatic heterocycles. The van der Waals surface area contributed by atoms with Crippen molar-refractivity contribution in [3.63, 3.8) is 0 Å². The van der Waals surface area contributed by atoms with Crippen LogP contribution in [0.5, 0.6) is 0 Å². The first-order valence-electron chi connectivity index (χ1n) is 8.22. The number of piperidine rings is 1. The van der Waals surface area contributed by atoms with Gasteiger partial charge in [-0.25, -0.2) is 4.98 Å². The molecule has 0 radical (unpaired) electrons. The first-order valence-corrected chi connectivity index (χ1v) is 8.22. The van der Waals surface area contributed by atoms with Crippen LogP contribution < -0.4 is 5.73 Å². The average Bonchev–Trinajstić information content (AvgIpc) is 2.90. The quantitative estimate of drug-likeness (QED) is 0.919. The zero-order valence-corrected chi connectivity index (χ0v) is 13.0. The van der Waals surface area contributed by atoms with Crippen molar-refractivity contribution >= 4 is 11.0 Å². The fraction of sp³-hybridized carbons (Fsp3) is 0.588. The lowest BCUT2D eigenvalue weighted by Crippen LogP contribution is -2.32. The first kappa shape index (κ1) is 14.5. The summed E-state index contributed by atoms with van der Waals surface area (Å²) in [6, 6.07) is 6.62. The van der Waals surface area contributed by atoms with Gasteiger partial charge in [-0.15, -0.1) is 0 Å². The van der Waals surface area contributed by atoms with Crippen molar-refractivity contribution < 1.29 is 0 Å². The van der Waals surface area contributed by atoms with Crippen molar-refractivity contribution in [2.24, 2.45) is 5.73 Å². The second-order valence-corrected chi connectivity index (χ2v) is 5.96. The minimum Gasteiger partial charge on any atom is -0.326 e. The molecule has 0 saturated carbocycles. The Hall–Kier alpha value is -1.39. The Balaban J connectivity index is 1.82. The van der Waals surface area contributed by atoms with E-state index in [2.05, 4.69) is 34.6 Å². The molecule has 114 valence electrons. The fourth-order valence-corrected chi connectivity index (χ4v) is 3.27. The fourth-order valence-electron chi connectivity index (χ4n) is 3.27. The zero-order valence-electron chi connectivity index (χ0n) is 13.0. The van der Waals surface area contributed by atoms with Crippen LogP contribution in [0, 0.1) is 0 Å². The number of nitrogens with zero attached hydrogens (tertiary/aromatic N) is 3. The summed E-state index contributed by atoms with van der Waals surface area (Å²) in [4.78, 5) is 7.29. The summed E-state index contributed by atoms with van der Waals surface area (Å²) in [5.74, 6) is 1.01. The molecule has 0 aliphatic carbocycles. The lowest BCUT2D eigenvalue weighted by atomic mass is 10.1. The summed E-state index contributed by atoms with van der Waals surface area (Å²) in [5.41, 5.74) is 9.55. The monoisotopic (exact) mass is 286 g/mol. The third kappa shape index (κ3) is 3.11. The molecule has 21 heavy (non-hydrogen) atoms. The van der Waals surface area contributed by atoms with Crippen LogP contribution >= 0.6 is 0 Å². The molecule has 0 atom stereocenters. The highest BCUT2D eigenvalue weighted by Gasteiger charge is 2.13. The van der Waals surface area contributed by atoms with Crippen LogP contribution in [0.4, 0.5) is 0 Å². The SMILES string of the molecule is CCc1ccc2c(c1)nc(CN)n2CCN1CCCCC1.